The summed E-state index contributed by atoms with van der Waals surface area (Å²) in [5, 5.41) is 42.0. The maximum atomic E-state index is 14.7. The van der Waals surface area contributed by atoms with Crippen molar-refractivity contribution in [3.8, 4) is 0 Å². The average Bonchev–Trinajstić information content (AvgIpc) is 3.76. The Kier molecular flexibility index (Phi) is 27.0. The number of carboxylic acids is 2. The number of aliphatic hydroxyl groups is 2. The third-order valence-corrected chi connectivity index (χ3v) is 15.4. The Morgan fingerprint density at radius 3 is 2.01 bits per heavy atom. The number of methoxy groups -OCH3 is 2. The molecule has 4 saturated heterocycles. The first-order chi connectivity index (χ1) is 39.4. The molecule has 1 aromatic heterocycles. The number of rotatable bonds is 32. The van der Waals surface area contributed by atoms with Gasteiger partial charge in [-0.15, -0.1) is 0 Å². The van der Waals surface area contributed by atoms with Crippen molar-refractivity contribution in [1.82, 2.24) is 19.4 Å². The fraction of sp³-hybridized carbons (Fsp3) is 0.800. The third kappa shape index (κ3) is 19.6. The first kappa shape index (κ1) is 68.4. The molecule has 0 bridgehead atoms. The van der Waals surface area contributed by atoms with E-state index >= 15 is 0 Å². The fourth-order valence-electron chi connectivity index (χ4n) is 11.1. The molecule has 4 fully saturated rings. The lowest BCUT2D eigenvalue weighted by molar-refractivity contribution is -0.299. The van der Waals surface area contributed by atoms with Crippen LogP contribution in [0.4, 0.5) is 0 Å². The number of aromatic amines is 1. The van der Waals surface area contributed by atoms with Gasteiger partial charge in [-0.25, -0.2) is 9.59 Å². The molecule has 28 nitrogen and oxygen atoms in total. The molecule has 4 aliphatic heterocycles. The molecule has 0 spiro atoms. The normalized spacial score (nSPS) is 29.6. The van der Waals surface area contributed by atoms with E-state index in [4.69, 9.17) is 58.2 Å². The molecule has 1 aromatic rings. The Hall–Kier alpha value is -5.43. The highest BCUT2D eigenvalue weighted by molar-refractivity contribution is 5.89. The number of aromatic nitrogens is 2. The first-order valence-corrected chi connectivity index (χ1v) is 28.6. The van der Waals surface area contributed by atoms with Gasteiger partial charge in [0.1, 0.15) is 42.8 Å². The second-order valence-corrected chi connectivity index (χ2v) is 22.4. The van der Waals surface area contributed by atoms with Gasteiger partial charge in [-0.3, -0.25) is 48.0 Å². The maximum Gasteiger partial charge on any atom is 0.330 e. The van der Waals surface area contributed by atoms with Gasteiger partial charge >= 0.3 is 41.5 Å². The fourth-order valence-corrected chi connectivity index (χ4v) is 11.1. The lowest BCUT2D eigenvalue weighted by Crippen LogP contribution is -2.61. The Labute approximate surface area is 481 Å². The standard InChI is InChI=1S/C55H87N5O23/c1-9-34-48(74-7)50(81-40(66)19-18-39(64)65)51(75-8)54(79-34)82-42(68)23-30(4)22-41(67)76-31(17-15-13-11-10-12-14-16-29(2)3)24-43(69)77-36-28-58(5)46(52(70)59(6)45(36)53(71)72)49(83-44-26-32(61)35(27-56)78-44)47-33(62)25-38(80-47)60-21-20-37(63)57-55(60)73/h20-21,29-36,38,44-51,54,61-62H,9-19,22-28,56H2,1-8H3,(H,64,65)(H,71,72)(H,57,63,73). The van der Waals surface area contributed by atoms with Gasteiger partial charge in [0.2, 0.25) is 12.2 Å². The minimum absolute atomic E-state index is 0.0908. The van der Waals surface area contributed by atoms with Crippen molar-refractivity contribution in [2.75, 3.05) is 41.4 Å². The molecule has 4 aliphatic rings. The van der Waals surface area contributed by atoms with E-state index in [0.29, 0.717) is 18.8 Å². The molecule has 17 unspecified atom stereocenters. The zero-order valence-electron chi connectivity index (χ0n) is 48.7. The summed E-state index contributed by atoms with van der Waals surface area (Å²) < 4.78 is 59.8. The second kappa shape index (κ2) is 32.7. The molecular weight excluding hydrogens is 1100 g/mol. The number of amides is 1. The van der Waals surface area contributed by atoms with E-state index in [1.807, 2.05) is 0 Å². The van der Waals surface area contributed by atoms with Crippen molar-refractivity contribution in [2.45, 2.75) is 228 Å². The topological polar surface area (TPSA) is 380 Å². The lowest BCUT2D eigenvalue weighted by Gasteiger charge is -2.44. The molecule has 0 saturated carbocycles. The van der Waals surface area contributed by atoms with E-state index in [2.05, 4.69) is 18.8 Å². The highest BCUT2D eigenvalue weighted by atomic mass is 16.7. The number of likely N-dealkylation sites (N-methyl/N-ethyl adjacent to an activating group) is 2. The van der Waals surface area contributed by atoms with Crippen LogP contribution in [0.1, 0.15) is 137 Å². The summed E-state index contributed by atoms with van der Waals surface area (Å²) in [7, 11) is 5.29. The molecular formula is C55H87N5O23. The number of nitrogens with one attached hydrogen (secondary N) is 1. The molecule has 83 heavy (non-hydrogen) atoms. The average molecular weight is 1190 g/mol. The number of carboxylic acid groups (broad SMARTS) is 2. The van der Waals surface area contributed by atoms with E-state index in [1.54, 1.807) is 13.8 Å². The predicted octanol–water partition coefficient (Wildman–Crippen LogP) is 1.12. The van der Waals surface area contributed by atoms with Crippen LogP contribution in [0.15, 0.2) is 21.9 Å². The van der Waals surface area contributed by atoms with E-state index < -0.39 is 183 Å². The van der Waals surface area contributed by atoms with Crippen LogP contribution in [0.2, 0.25) is 0 Å². The second-order valence-electron chi connectivity index (χ2n) is 22.4. The summed E-state index contributed by atoms with van der Waals surface area (Å²) in [5.41, 5.74) is 4.29. The number of aliphatic carboxylic acids is 2. The number of hydrogen-bond acceptors (Lipinski definition) is 23. The zero-order chi connectivity index (χ0) is 61.2. The number of carbonyl (C=O) groups is 7. The number of unbranched alkanes of at least 4 members (excludes halogenated alkanes) is 5. The molecule has 5 rings (SSSR count). The van der Waals surface area contributed by atoms with E-state index in [-0.39, 0.29) is 38.6 Å². The Balaban J connectivity index is 1.30. The molecule has 5 heterocycles. The summed E-state index contributed by atoms with van der Waals surface area (Å²) in [6.07, 6.45) is -10.9. The van der Waals surface area contributed by atoms with Gasteiger partial charge in [0, 0.05) is 72.3 Å². The van der Waals surface area contributed by atoms with Crippen molar-refractivity contribution in [1.29, 1.82) is 0 Å². The van der Waals surface area contributed by atoms with Crippen molar-refractivity contribution in [3.05, 3.63) is 33.1 Å². The van der Waals surface area contributed by atoms with Crippen LogP contribution >= 0.6 is 0 Å². The van der Waals surface area contributed by atoms with Crippen LogP contribution in [-0.4, -0.2) is 215 Å². The SMILES string of the molecule is CCC1OC(OC(=O)CC(C)CC(=O)OC(CCCCCCCCC(C)C)CC(=O)OC2CN(C)C(C(OC3CC(O)C(CN)O3)C3OC(n4ccc(=O)[nH]c4=O)CC3O)C(=O)N(C)C2C(=O)O)C(OC)C(OC(=O)CCC(=O)O)C1OC. The highest BCUT2D eigenvalue weighted by Crippen LogP contribution is 2.37. The smallest absolute Gasteiger partial charge is 0.330 e. The molecule has 470 valence electrons. The molecule has 0 radical (unpaired) electrons. The molecule has 0 aliphatic carbocycles. The van der Waals surface area contributed by atoms with Gasteiger partial charge < -0.3 is 78.4 Å². The van der Waals surface area contributed by atoms with Crippen LogP contribution in [0.25, 0.3) is 0 Å². The van der Waals surface area contributed by atoms with E-state index in [9.17, 15) is 58.5 Å². The third-order valence-electron chi connectivity index (χ3n) is 15.4. The molecule has 0 aromatic carbocycles. The van der Waals surface area contributed by atoms with Crippen molar-refractivity contribution >= 4 is 41.7 Å². The van der Waals surface area contributed by atoms with E-state index in [0.717, 1.165) is 54.1 Å². The largest absolute Gasteiger partial charge is 0.481 e. The Morgan fingerprint density at radius 1 is 0.759 bits per heavy atom. The zero-order valence-corrected chi connectivity index (χ0v) is 48.7. The lowest BCUT2D eigenvalue weighted by atomic mass is 9.96. The molecule has 1 amide bonds. The summed E-state index contributed by atoms with van der Waals surface area (Å²) in [6.45, 7) is 7.21. The van der Waals surface area contributed by atoms with Crippen molar-refractivity contribution in [3.63, 3.8) is 0 Å². The predicted molar refractivity (Wildman–Crippen MR) is 288 cm³/mol. The number of carbonyl (C=O) groups excluding carboxylic acids is 5. The Morgan fingerprint density at radius 2 is 1.41 bits per heavy atom. The van der Waals surface area contributed by atoms with Gasteiger partial charge in [0.25, 0.3) is 5.56 Å². The number of H-pyrrole nitrogens is 1. The number of hydrogen-bond donors (Lipinski definition) is 6. The van der Waals surface area contributed by atoms with Gasteiger partial charge in [-0.2, -0.15) is 0 Å². The van der Waals surface area contributed by atoms with Crippen molar-refractivity contribution < 1.29 is 101 Å². The Bertz CT molecular complexity index is 2420. The van der Waals surface area contributed by atoms with Gasteiger partial charge in [-0.1, -0.05) is 66.2 Å². The highest BCUT2D eigenvalue weighted by Gasteiger charge is 2.55. The number of esters is 4. The number of nitrogens with zero attached hydrogens (tertiary/aromatic N) is 3. The van der Waals surface area contributed by atoms with Crippen LogP contribution in [0, 0.1) is 11.8 Å². The van der Waals surface area contributed by atoms with Crippen LogP contribution in [0.3, 0.4) is 0 Å². The monoisotopic (exact) mass is 1190 g/mol. The van der Waals surface area contributed by atoms with Crippen LogP contribution < -0.4 is 17.0 Å². The minimum atomic E-state index is -1.79. The van der Waals surface area contributed by atoms with E-state index in [1.165, 1.54) is 39.4 Å². The minimum Gasteiger partial charge on any atom is -0.481 e. The van der Waals surface area contributed by atoms with Crippen molar-refractivity contribution in [2.24, 2.45) is 17.6 Å². The first-order valence-electron chi connectivity index (χ1n) is 28.6. The molecule has 17 atom stereocenters. The van der Waals surface area contributed by atoms with Crippen LogP contribution in [-0.2, 0) is 80.9 Å². The van der Waals surface area contributed by atoms with Gasteiger partial charge in [-0.05, 0) is 38.1 Å². The summed E-state index contributed by atoms with van der Waals surface area (Å²) >= 11 is 0. The van der Waals surface area contributed by atoms with Crippen LogP contribution in [0.5, 0.6) is 0 Å². The number of ether oxygens (including phenoxy) is 10. The number of aliphatic hydroxyl groups excluding tert-OH is 2. The summed E-state index contributed by atoms with van der Waals surface area (Å²) in [6, 6.07) is -2.20. The summed E-state index contributed by atoms with van der Waals surface area (Å²) in [5.74, 6) is -7.07. The quantitative estimate of drug-likeness (QED) is 0.0334. The van der Waals surface area contributed by atoms with Gasteiger partial charge in [0.05, 0.1) is 43.7 Å². The molecule has 7 N–H and O–H groups in total. The number of nitrogens with two attached hydrogens (primary N) is 1. The molecule has 28 heteroatoms. The maximum absolute atomic E-state index is 14.7. The summed E-state index contributed by atoms with van der Waals surface area (Å²) in [4.78, 5) is 122. The van der Waals surface area contributed by atoms with Gasteiger partial charge in [0.15, 0.2) is 24.5 Å².